The van der Waals surface area contributed by atoms with Crippen molar-refractivity contribution in [2.75, 3.05) is 5.32 Å². The lowest BCUT2D eigenvalue weighted by Crippen LogP contribution is -2.14. The minimum absolute atomic E-state index is 0.472. The van der Waals surface area contributed by atoms with Gasteiger partial charge in [0.05, 0.1) is 0 Å². The molecule has 1 atom stereocenters. The van der Waals surface area contributed by atoms with Crippen molar-refractivity contribution < 1.29 is 0 Å². The van der Waals surface area contributed by atoms with E-state index in [1.54, 1.807) is 11.3 Å². The van der Waals surface area contributed by atoms with Gasteiger partial charge in [0.2, 0.25) is 5.13 Å². The predicted molar refractivity (Wildman–Crippen MR) is 69.0 cm³/mol. The maximum Gasteiger partial charge on any atom is 0.205 e. The molecule has 1 aromatic rings. The van der Waals surface area contributed by atoms with E-state index >= 15 is 0 Å². The zero-order valence-corrected chi connectivity index (χ0v) is 10.6. The van der Waals surface area contributed by atoms with Gasteiger partial charge in [-0.3, -0.25) is 0 Å². The summed E-state index contributed by atoms with van der Waals surface area (Å²) in [4.78, 5) is 0. The van der Waals surface area contributed by atoms with Crippen molar-refractivity contribution in [2.24, 2.45) is 0 Å². The second-order valence-electron chi connectivity index (χ2n) is 4.48. The minimum atomic E-state index is 0.472. The molecule has 88 valence electrons. The van der Waals surface area contributed by atoms with Gasteiger partial charge in [-0.05, 0) is 39.0 Å². The SMILES string of the molecule is C=CCCCC(C)Nc1nnc(C2CC2)s1. The Morgan fingerprint density at radius 2 is 2.38 bits per heavy atom. The zero-order valence-electron chi connectivity index (χ0n) is 9.78. The lowest BCUT2D eigenvalue weighted by molar-refractivity contribution is 0.662. The highest BCUT2D eigenvalue weighted by atomic mass is 32.1. The summed E-state index contributed by atoms with van der Waals surface area (Å²) < 4.78 is 0. The van der Waals surface area contributed by atoms with Gasteiger partial charge in [0.15, 0.2) is 0 Å². The van der Waals surface area contributed by atoms with Crippen LogP contribution in [-0.2, 0) is 0 Å². The van der Waals surface area contributed by atoms with Crippen LogP contribution in [0.3, 0.4) is 0 Å². The van der Waals surface area contributed by atoms with Gasteiger partial charge < -0.3 is 5.32 Å². The van der Waals surface area contributed by atoms with E-state index < -0.39 is 0 Å². The molecule has 0 radical (unpaired) electrons. The highest BCUT2D eigenvalue weighted by Gasteiger charge is 2.27. The van der Waals surface area contributed by atoms with E-state index in [0.29, 0.717) is 12.0 Å². The molecule has 0 saturated heterocycles. The van der Waals surface area contributed by atoms with Crippen LogP contribution in [0.15, 0.2) is 12.7 Å². The van der Waals surface area contributed by atoms with Crippen molar-refractivity contribution in [3.63, 3.8) is 0 Å². The number of hydrogen-bond acceptors (Lipinski definition) is 4. The van der Waals surface area contributed by atoms with Crippen LogP contribution in [0.25, 0.3) is 0 Å². The summed E-state index contributed by atoms with van der Waals surface area (Å²) in [6.07, 6.45) is 8.00. The molecule has 3 nitrogen and oxygen atoms in total. The molecule has 0 amide bonds. The normalized spacial score (nSPS) is 17.1. The van der Waals surface area contributed by atoms with Gasteiger partial charge in [-0.2, -0.15) is 0 Å². The van der Waals surface area contributed by atoms with Crippen molar-refractivity contribution in [2.45, 2.75) is 51.0 Å². The smallest absolute Gasteiger partial charge is 0.205 e. The fourth-order valence-electron chi connectivity index (χ4n) is 1.64. The Balaban J connectivity index is 1.76. The van der Waals surface area contributed by atoms with E-state index in [1.807, 2.05) is 6.08 Å². The second-order valence-corrected chi connectivity index (χ2v) is 5.49. The fraction of sp³-hybridized carbons (Fsp3) is 0.667. The van der Waals surface area contributed by atoms with Gasteiger partial charge >= 0.3 is 0 Å². The monoisotopic (exact) mass is 237 g/mol. The van der Waals surface area contributed by atoms with Crippen molar-refractivity contribution in [3.05, 3.63) is 17.7 Å². The summed E-state index contributed by atoms with van der Waals surface area (Å²) in [5.74, 6) is 0.712. The molecule has 0 bridgehead atoms. The summed E-state index contributed by atoms with van der Waals surface area (Å²) in [6, 6.07) is 0.472. The maximum absolute atomic E-state index is 4.22. The number of hydrogen-bond donors (Lipinski definition) is 1. The van der Waals surface area contributed by atoms with Gasteiger partial charge in [0, 0.05) is 12.0 Å². The van der Waals surface area contributed by atoms with Crippen LogP contribution in [0.2, 0.25) is 0 Å². The molecule has 4 heteroatoms. The number of aromatic nitrogens is 2. The average Bonchev–Trinajstić information content (AvgIpc) is 3.01. The lowest BCUT2D eigenvalue weighted by atomic mass is 10.1. The highest BCUT2D eigenvalue weighted by Crippen LogP contribution is 2.42. The third-order valence-electron chi connectivity index (χ3n) is 2.78. The van der Waals surface area contributed by atoms with Gasteiger partial charge in [0.1, 0.15) is 5.01 Å². The standard InChI is InChI=1S/C12H19N3S/c1-3-4-5-6-9(2)13-12-15-14-11(16-12)10-7-8-10/h3,9-10H,1,4-8H2,2H3,(H,13,15). The number of nitrogens with one attached hydrogen (secondary N) is 1. The van der Waals surface area contributed by atoms with E-state index in [0.717, 1.165) is 18.0 Å². The van der Waals surface area contributed by atoms with Crippen LogP contribution in [0.5, 0.6) is 0 Å². The van der Waals surface area contributed by atoms with Gasteiger partial charge in [-0.1, -0.05) is 17.4 Å². The third kappa shape index (κ3) is 3.30. The molecule has 2 rings (SSSR count). The molecule has 1 N–H and O–H groups in total. The first kappa shape index (κ1) is 11.6. The molecule has 1 heterocycles. The van der Waals surface area contributed by atoms with Crippen LogP contribution >= 0.6 is 11.3 Å². The van der Waals surface area contributed by atoms with Crippen LogP contribution in [0.1, 0.15) is 50.0 Å². The fourth-order valence-corrected chi connectivity index (χ4v) is 2.66. The van der Waals surface area contributed by atoms with E-state index in [4.69, 9.17) is 0 Å². The van der Waals surface area contributed by atoms with Gasteiger partial charge in [-0.25, -0.2) is 0 Å². The molecular weight excluding hydrogens is 218 g/mol. The van der Waals surface area contributed by atoms with Crippen LogP contribution in [0, 0.1) is 0 Å². The molecule has 0 spiro atoms. The van der Waals surface area contributed by atoms with Crippen molar-refractivity contribution in [1.82, 2.24) is 10.2 Å². The summed E-state index contributed by atoms with van der Waals surface area (Å²) >= 11 is 1.72. The molecule has 16 heavy (non-hydrogen) atoms. The van der Waals surface area contributed by atoms with E-state index in [-0.39, 0.29) is 0 Å². The Bertz CT molecular complexity index is 344. The number of nitrogens with zero attached hydrogens (tertiary/aromatic N) is 2. The zero-order chi connectivity index (χ0) is 11.4. The Morgan fingerprint density at radius 3 is 3.06 bits per heavy atom. The first-order valence-corrected chi connectivity index (χ1v) is 6.82. The number of allylic oxidation sites excluding steroid dienone is 1. The maximum atomic E-state index is 4.22. The molecule has 1 fully saturated rings. The van der Waals surface area contributed by atoms with E-state index in [2.05, 4.69) is 29.0 Å². The highest BCUT2D eigenvalue weighted by molar-refractivity contribution is 7.15. The Kier molecular flexibility index (Phi) is 3.93. The first-order chi connectivity index (χ1) is 7.79. The van der Waals surface area contributed by atoms with Crippen LogP contribution in [0.4, 0.5) is 5.13 Å². The van der Waals surface area contributed by atoms with E-state index in [1.165, 1.54) is 24.3 Å². The quantitative estimate of drug-likeness (QED) is 0.582. The number of unbranched alkanes of at least 4 members (excludes halogenated alkanes) is 1. The van der Waals surface area contributed by atoms with Gasteiger partial charge in [-0.15, -0.1) is 16.8 Å². The minimum Gasteiger partial charge on any atom is -0.358 e. The molecule has 1 aliphatic carbocycles. The summed E-state index contributed by atoms with van der Waals surface area (Å²) in [5, 5.41) is 14.0. The van der Waals surface area contributed by atoms with Crippen molar-refractivity contribution in [1.29, 1.82) is 0 Å². The number of rotatable bonds is 7. The Labute approximate surface area is 101 Å². The summed E-state index contributed by atoms with van der Waals surface area (Å²) in [6.45, 7) is 5.93. The largest absolute Gasteiger partial charge is 0.358 e. The number of anilines is 1. The average molecular weight is 237 g/mol. The topological polar surface area (TPSA) is 37.8 Å². The van der Waals surface area contributed by atoms with Crippen molar-refractivity contribution >= 4 is 16.5 Å². The molecule has 1 unspecified atom stereocenters. The molecule has 1 aliphatic rings. The van der Waals surface area contributed by atoms with Crippen LogP contribution in [-0.4, -0.2) is 16.2 Å². The predicted octanol–water partition coefficient (Wildman–Crippen LogP) is 3.57. The third-order valence-corrected chi connectivity index (χ3v) is 3.80. The molecular formula is C12H19N3S. The van der Waals surface area contributed by atoms with Crippen molar-refractivity contribution in [3.8, 4) is 0 Å². The summed E-state index contributed by atoms with van der Waals surface area (Å²) in [5.41, 5.74) is 0. The molecule has 1 saturated carbocycles. The second kappa shape index (κ2) is 5.43. The lowest BCUT2D eigenvalue weighted by Gasteiger charge is -2.10. The van der Waals surface area contributed by atoms with E-state index in [9.17, 15) is 0 Å². The van der Waals surface area contributed by atoms with Crippen LogP contribution < -0.4 is 5.32 Å². The summed E-state index contributed by atoms with van der Waals surface area (Å²) in [7, 11) is 0. The first-order valence-electron chi connectivity index (χ1n) is 6.00. The Hall–Kier alpha value is -0.900. The molecule has 0 aliphatic heterocycles. The van der Waals surface area contributed by atoms with Gasteiger partial charge in [0.25, 0.3) is 0 Å². The molecule has 0 aromatic carbocycles. The molecule has 1 aromatic heterocycles. The Morgan fingerprint density at radius 1 is 1.56 bits per heavy atom.